The first kappa shape index (κ1) is 13.1. The molecule has 0 unspecified atom stereocenters. The largest absolute Gasteiger partial charge is 0.368 e. The van der Waals surface area contributed by atoms with Crippen molar-refractivity contribution in [2.75, 3.05) is 0 Å². The van der Waals surface area contributed by atoms with Gasteiger partial charge >= 0.3 is 0 Å². The lowest BCUT2D eigenvalue weighted by atomic mass is 9.70. The minimum atomic E-state index is -0.521. The average molecular weight is 330 g/mol. The molecule has 4 nitrogen and oxygen atoms in total. The number of aliphatic hydroxyl groups excluding tert-OH is 2. The van der Waals surface area contributed by atoms with E-state index in [1.54, 1.807) is 0 Å². The summed E-state index contributed by atoms with van der Waals surface area (Å²) in [6.45, 7) is 0. The third-order valence-electron chi connectivity index (χ3n) is 10.6. The van der Waals surface area contributed by atoms with Crippen molar-refractivity contribution in [1.82, 2.24) is 0 Å². The van der Waals surface area contributed by atoms with Crippen LogP contribution in [0.15, 0.2) is 0 Å². The molecule has 0 spiro atoms. The Morgan fingerprint density at radius 1 is 0.458 bits per heavy atom. The zero-order valence-corrected chi connectivity index (χ0v) is 13.8. The van der Waals surface area contributed by atoms with Crippen LogP contribution < -0.4 is 0 Å². The summed E-state index contributed by atoms with van der Waals surface area (Å²) in [7, 11) is 0. The number of ether oxygens (including phenoxy) is 2. The molecule has 0 aromatic carbocycles. The van der Waals surface area contributed by atoms with Crippen LogP contribution in [0.2, 0.25) is 0 Å². The van der Waals surface area contributed by atoms with E-state index in [1.807, 2.05) is 0 Å². The molecule has 2 saturated heterocycles. The Kier molecular flexibility index (Phi) is 2.05. The van der Waals surface area contributed by atoms with Gasteiger partial charge in [0.05, 0.1) is 12.2 Å². The molecule has 0 bridgehead atoms. The van der Waals surface area contributed by atoms with E-state index in [4.69, 9.17) is 9.47 Å². The predicted molar refractivity (Wildman–Crippen MR) is 82.1 cm³/mol. The molecule has 4 heteroatoms. The van der Waals surface area contributed by atoms with Crippen LogP contribution in [0.25, 0.3) is 0 Å². The molecule has 0 aromatic rings. The van der Waals surface area contributed by atoms with Crippen molar-refractivity contribution in [3.8, 4) is 0 Å². The summed E-state index contributed by atoms with van der Waals surface area (Å²) >= 11 is 0. The van der Waals surface area contributed by atoms with Gasteiger partial charge < -0.3 is 19.7 Å². The summed E-state index contributed by atoms with van der Waals surface area (Å²) in [6.07, 6.45) is 4.29. The molecule has 2 N–H and O–H groups in total. The van der Waals surface area contributed by atoms with Crippen molar-refractivity contribution in [3.63, 3.8) is 0 Å². The van der Waals surface area contributed by atoms with Gasteiger partial charge in [0.1, 0.15) is 0 Å². The molecule has 16 atom stereocenters. The molecule has 24 heavy (non-hydrogen) atoms. The highest BCUT2D eigenvalue weighted by molar-refractivity contribution is 5.27. The first-order valence-corrected chi connectivity index (χ1v) is 10.4. The average Bonchev–Trinajstić information content (AvgIpc) is 3.29. The lowest BCUT2D eigenvalue weighted by Gasteiger charge is -2.44. The predicted octanol–water partition coefficient (Wildman–Crippen LogP) is 1.46. The van der Waals surface area contributed by atoms with Crippen LogP contribution >= 0.6 is 0 Å². The quantitative estimate of drug-likeness (QED) is 0.706. The smallest absolute Gasteiger partial charge is 0.158 e. The second kappa shape index (κ2) is 3.76. The Balaban J connectivity index is 1.38. The molecule has 130 valence electrons. The van der Waals surface area contributed by atoms with Crippen molar-refractivity contribution in [3.05, 3.63) is 0 Å². The highest BCUT2D eigenvalue weighted by atomic mass is 16.6. The molecule has 8 fully saturated rings. The van der Waals surface area contributed by atoms with Gasteiger partial charge in [0.2, 0.25) is 0 Å². The van der Waals surface area contributed by atoms with E-state index >= 15 is 0 Å². The molecule has 8 rings (SSSR count). The van der Waals surface area contributed by atoms with Gasteiger partial charge in [-0.2, -0.15) is 0 Å². The van der Waals surface area contributed by atoms with Crippen molar-refractivity contribution in [1.29, 1.82) is 0 Å². The maximum atomic E-state index is 10.9. The molecule has 0 amide bonds. The number of hydrogen-bond donors (Lipinski definition) is 2. The molecule has 0 radical (unpaired) electrons. The molecule has 2 aliphatic heterocycles. The number of hydrogen-bond acceptors (Lipinski definition) is 4. The number of fused-ring (bicyclic) bond motifs is 4. The van der Waals surface area contributed by atoms with Crippen LogP contribution in [-0.4, -0.2) is 35.0 Å². The molecule has 6 aliphatic carbocycles. The lowest BCUT2D eigenvalue weighted by Crippen LogP contribution is -2.48. The van der Waals surface area contributed by atoms with Gasteiger partial charge in [-0.05, 0) is 84.9 Å². The minimum Gasteiger partial charge on any atom is -0.368 e. The summed E-state index contributed by atoms with van der Waals surface area (Å²) in [5.74, 6) is 7.76. The van der Waals surface area contributed by atoms with Crippen LogP contribution in [0.1, 0.15) is 25.7 Å². The molecular weight excluding hydrogens is 304 g/mol. The van der Waals surface area contributed by atoms with E-state index in [0.29, 0.717) is 59.6 Å². The first-order valence-electron chi connectivity index (χ1n) is 10.4. The summed E-state index contributed by atoms with van der Waals surface area (Å²) in [6, 6.07) is 0. The molecule has 2 heterocycles. The molecule has 6 saturated carbocycles. The normalized spacial score (nSPS) is 78.2. The third-order valence-corrected chi connectivity index (χ3v) is 10.6. The van der Waals surface area contributed by atoms with Gasteiger partial charge in [0, 0.05) is 11.8 Å². The van der Waals surface area contributed by atoms with E-state index < -0.39 is 12.6 Å². The van der Waals surface area contributed by atoms with Gasteiger partial charge in [0.25, 0.3) is 0 Å². The fourth-order valence-electron chi connectivity index (χ4n) is 10.9. The van der Waals surface area contributed by atoms with Gasteiger partial charge in [-0.25, -0.2) is 0 Å². The Morgan fingerprint density at radius 2 is 0.875 bits per heavy atom. The Hall–Kier alpha value is -0.160. The van der Waals surface area contributed by atoms with Crippen molar-refractivity contribution < 1.29 is 19.7 Å². The van der Waals surface area contributed by atoms with Crippen LogP contribution in [0, 0.1) is 71.0 Å². The van der Waals surface area contributed by atoms with Crippen LogP contribution in [0.5, 0.6) is 0 Å². The highest BCUT2D eigenvalue weighted by Crippen LogP contribution is 2.82. The number of aliphatic hydroxyl groups is 2. The standard InChI is InChI=1S/C20H26O4/c21-19-17-11-5-1-3-7-9(5)13-15(11)16-12(18(13)20(22)23-7)6-2-4-8(24-19)10(6)14(16)17/h5-22H,1-4H2/t5-,6-,7-,8+,9+,10+,11-,12+,13-,14-,15-,16-,17+,18+,19+,20+/m1/s1. The SMILES string of the molecule is O[C@H]1O[C@H]2CC[C@H]3[C@H]4[C@H]5[C@@H]6[C@@H]([C@@H]7CC[C@H]8O[C@H](O)[C@@H]4[C@@H]6[C@@H]78)[C@H]1[C@@H]5[C@@H]32. The van der Waals surface area contributed by atoms with E-state index in [-0.39, 0.29) is 0 Å². The van der Waals surface area contributed by atoms with E-state index in [2.05, 4.69) is 0 Å². The van der Waals surface area contributed by atoms with Crippen molar-refractivity contribution >= 4 is 0 Å². The zero-order chi connectivity index (χ0) is 15.5. The maximum absolute atomic E-state index is 10.9. The second-order valence-electron chi connectivity index (χ2n) is 10.4. The second-order valence-corrected chi connectivity index (χ2v) is 10.4. The topological polar surface area (TPSA) is 58.9 Å². The minimum absolute atomic E-state index is 0.294. The van der Waals surface area contributed by atoms with Gasteiger partial charge in [-0.3, -0.25) is 0 Å². The summed E-state index contributed by atoms with van der Waals surface area (Å²) in [5.41, 5.74) is 0. The first-order chi connectivity index (χ1) is 11.8. The fourth-order valence-corrected chi connectivity index (χ4v) is 10.9. The van der Waals surface area contributed by atoms with E-state index in [1.165, 1.54) is 12.8 Å². The molecule has 8 aliphatic rings. The lowest BCUT2D eigenvalue weighted by molar-refractivity contribution is -0.238. The van der Waals surface area contributed by atoms with Crippen molar-refractivity contribution in [2.24, 2.45) is 71.0 Å². The van der Waals surface area contributed by atoms with Gasteiger partial charge in [0.15, 0.2) is 12.6 Å². The summed E-state index contributed by atoms with van der Waals surface area (Å²) in [5, 5.41) is 21.9. The Morgan fingerprint density at radius 3 is 1.33 bits per heavy atom. The van der Waals surface area contributed by atoms with Gasteiger partial charge in [-0.15, -0.1) is 0 Å². The van der Waals surface area contributed by atoms with Crippen molar-refractivity contribution in [2.45, 2.75) is 50.5 Å². The summed E-state index contributed by atoms with van der Waals surface area (Å²) < 4.78 is 12.4. The van der Waals surface area contributed by atoms with E-state index in [9.17, 15) is 10.2 Å². The van der Waals surface area contributed by atoms with Crippen LogP contribution in [0.4, 0.5) is 0 Å². The monoisotopic (exact) mass is 330 g/mol. The number of rotatable bonds is 0. The van der Waals surface area contributed by atoms with Crippen LogP contribution in [-0.2, 0) is 9.47 Å². The third kappa shape index (κ3) is 1.08. The van der Waals surface area contributed by atoms with Gasteiger partial charge in [-0.1, -0.05) is 0 Å². The molecular formula is C20H26O4. The van der Waals surface area contributed by atoms with E-state index in [0.717, 1.165) is 36.5 Å². The zero-order valence-electron chi connectivity index (χ0n) is 13.8. The Labute approximate surface area is 141 Å². The Bertz CT molecular complexity index is 583. The van der Waals surface area contributed by atoms with Crippen LogP contribution in [0.3, 0.4) is 0 Å². The molecule has 0 aromatic heterocycles. The fraction of sp³-hybridized carbons (Fsp3) is 1.00. The summed E-state index contributed by atoms with van der Waals surface area (Å²) in [4.78, 5) is 0. The highest BCUT2D eigenvalue weighted by Gasteiger charge is 2.81. The maximum Gasteiger partial charge on any atom is 0.158 e.